The number of hydrogen-bond donors (Lipinski definition) is 0. The van der Waals surface area contributed by atoms with Gasteiger partial charge in [0.05, 0.1) is 24.5 Å². The third kappa shape index (κ3) is 5.52. The monoisotopic (exact) mass is 436 g/mol. The average molecular weight is 436 g/mol. The fraction of sp³-hybridized carbons (Fsp3) is 0.500. The number of piperazine rings is 1. The van der Waals surface area contributed by atoms with Crippen molar-refractivity contribution in [3.63, 3.8) is 0 Å². The number of carbonyl (C=O) groups is 1. The van der Waals surface area contributed by atoms with Gasteiger partial charge in [-0.1, -0.05) is 13.8 Å². The van der Waals surface area contributed by atoms with E-state index < -0.39 is 24.3 Å². The highest BCUT2D eigenvalue weighted by molar-refractivity contribution is 5.96. The number of esters is 1. The molecule has 0 spiro atoms. The highest BCUT2D eigenvalue weighted by Gasteiger charge is 2.36. The molecule has 0 amide bonds. The van der Waals surface area contributed by atoms with Crippen LogP contribution in [0.1, 0.15) is 35.5 Å². The Balaban J connectivity index is 1.91. The van der Waals surface area contributed by atoms with E-state index in [-0.39, 0.29) is 24.6 Å². The molecule has 2 heterocycles. The van der Waals surface area contributed by atoms with Crippen molar-refractivity contribution in [2.45, 2.75) is 39.3 Å². The van der Waals surface area contributed by atoms with Crippen LogP contribution in [-0.4, -0.2) is 60.3 Å². The smallest absolute Gasteiger partial charge is 0.342 e. The second kappa shape index (κ2) is 10.1. The molecular weight excluding hydrogens is 409 g/mol. The number of carbonyl (C=O) groups excluding carboxylic acids is 1. The van der Waals surface area contributed by atoms with Crippen molar-refractivity contribution in [1.29, 1.82) is 0 Å². The predicted octanol–water partition coefficient (Wildman–Crippen LogP) is 3.56. The lowest BCUT2D eigenvalue weighted by Crippen LogP contribution is -2.56. The summed E-state index contributed by atoms with van der Waals surface area (Å²) in [5.74, 6) is -1.25. The molecule has 1 fully saturated rings. The van der Waals surface area contributed by atoms with Crippen LogP contribution in [0, 0.1) is 11.7 Å². The molecule has 0 unspecified atom stereocenters. The summed E-state index contributed by atoms with van der Waals surface area (Å²) in [6, 6.07) is 5.39. The van der Waals surface area contributed by atoms with E-state index in [0.717, 1.165) is 0 Å². The number of rotatable bonds is 7. The number of methoxy groups -OCH3 is 1. The second-order valence-electron chi connectivity index (χ2n) is 8.09. The number of halogens is 3. The Bertz CT molecular complexity index is 896. The zero-order valence-electron chi connectivity index (χ0n) is 17.9. The number of aromatic nitrogens is 2. The van der Waals surface area contributed by atoms with Gasteiger partial charge in [0.15, 0.2) is 0 Å². The van der Waals surface area contributed by atoms with Crippen LogP contribution in [0.4, 0.5) is 18.9 Å². The van der Waals surface area contributed by atoms with Crippen molar-refractivity contribution >= 4 is 11.7 Å². The molecule has 1 aliphatic rings. The zero-order valence-corrected chi connectivity index (χ0v) is 17.9. The molecule has 6 nitrogen and oxygen atoms in total. The summed E-state index contributed by atoms with van der Waals surface area (Å²) in [6.07, 6.45) is -0.486. The lowest BCUT2D eigenvalue weighted by Gasteiger charge is -2.42. The maximum atomic E-state index is 14.9. The van der Waals surface area contributed by atoms with E-state index in [2.05, 4.69) is 10.2 Å². The first-order valence-electron chi connectivity index (χ1n) is 10.2. The molecule has 3 rings (SSSR count). The standard InChI is InChI=1S/C22H27F3N4O2/c1-14(2)9-15-10-17(23)20(22(30)31-3)18(11-15)29-8-7-28(19(13-29)21(24)25)12-16-5-4-6-26-27-16/h4-6,10-11,14,19,21H,7-9,12-13H2,1-3H3/t19-/m1/s1. The molecule has 168 valence electrons. The molecule has 1 atom stereocenters. The van der Waals surface area contributed by atoms with Gasteiger partial charge in [-0.2, -0.15) is 10.2 Å². The Morgan fingerprint density at radius 1 is 1.29 bits per heavy atom. The van der Waals surface area contributed by atoms with Crippen LogP contribution in [0.25, 0.3) is 0 Å². The van der Waals surface area contributed by atoms with Gasteiger partial charge in [0.2, 0.25) is 0 Å². The number of ether oxygens (including phenoxy) is 1. The molecule has 2 aromatic rings. The Morgan fingerprint density at radius 3 is 2.68 bits per heavy atom. The fourth-order valence-electron chi connectivity index (χ4n) is 3.92. The molecule has 0 aliphatic carbocycles. The van der Waals surface area contributed by atoms with E-state index in [1.807, 2.05) is 13.8 Å². The van der Waals surface area contributed by atoms with Gasteiger partial charge >= 0.3 is 5.97 Å². The van der Waals surface area contributed by atoms with Crippen molar-refractivity contribution in [2.75, 3.05) is 31.6 Å². The van der Waals surface area contributed by atoms with E-state index in [4.69, 9.17) is 4.74 Å². The topological polar surface area (TPSA) is 58.6 Å². The quantitative estimate of drug-likeness (QED) is 0.619. The summed E-state index contributed by atoms with van der Waals surface area (Å²) >= 11 is 0. The lowest BCUT2D eigenvalue weighted by atomic mass is 9.98. The van der Waals surface area contributed by atoms with Crippen molar-refractivity contribution < 1.29 is 22.7 Å². The number of alkyl halides is 2. The lowest BCUT2D eigenvalue weighted by molar-refractivity contribution is 0.0142. The van der Waals surface area contributed by atoms with Gasteiger partial charge in [0, 0.05) is 32.4 Å². The average Bonchev–Trinajstić information content (AvgIpc) is 2.73. The number of anilines is 1. The molecule has 1 saturated heterocycles. The molecular formula is C22H27F3N4O2. The van der Waals surface area contributed by atoms with Gasteiger partial charge in [0.1, 0.15) is 11.4 Å². The van der Waals surface area contributed by atoms with Crippen molar-refractivity contribution in [3.05, 3.63) is 53.1 Å². The third-order valence-electron chi connectivity index (χ3n) is 5.32. The highest BCUT2D eigenvalue weighted by Crippen LogP contribution is 2.31. The van der Waals surface area contributed by atoms with Crippen molar-refractivity contribution in [3.8, 4) is 0 Å². The summed E-state index contributed by atoms with van der Waals surface area (Å²) in [6.45, 7) is 4.86. The SMILES string of the molecule is COC(=O)c1c(F)cc(CC(C)C)cc1N1CCN(Cc2cccnn2)[C@@H](C(F)F)C1. The van der Waals surface area contributed by atoms with Crippen LogP contribution in [0.3, 0.4) is 0 Å². The van der Waals surface area contributed by atoms with Gasteiger partial charge in [-0.3, -0.25) is 4.90 Å². The third-order valence-corrected chi connectivity index (χ3v) is 5.32. The van der Waals surface area contributed by atoms with Crippen LogP contribution in [-0.2, 0) is 17.7 Å². The number of hydrogen-bond acceptors (Lipinski definition) is 6. The first-order valence-corrected chi connectivity index (χ1v) is 10.2. The highest BCUT2D eigenvalue weighted by atomic mass is 19.3. The first kappa shape index (κ1) is 23.0. The molecule has 0 radical (unpaired) electrons. The molecule has 0 saturated carbocycles. The van der Waals surface area contributed by atoms with Gasteiger partial charge in [-0.15, -0.1) is 0 Å². The minimum absolute atomic E-state index is 0.0491. The minimum atomic E-state index is -2.62. The summed E-state index contributed by atoms with van der Waals surface area (Å²) in [5.41, 5.74) is 1.39. The van der Waals surface area contributed by atoms with Gasteiger partial charge < -0.3 is 9.64 Å². The van der Waals surface area contributed by atoms with E-state index in [9.17, 15) is 18.0 Å². The Kier molecular flexibility index (Phi) is 7.48. The summed E-state index contributed by atoms with van der Waals surface area (Å²) in [4.78, 5) is 15.6. The fourth-order valence-corrected chi connectivity index (χ4v) is 3.92. The summed E-state index contributed by atoms with van der Waals surface area (Å²) < 4.78 is 47.5. The van der Waals surface area contributed by atoms with Crippen molar-refractivity contribution in [1.82, 2.24) is 15.1 Å². The maximum Gasteiger partial charge on any atom is 0.342 e. The van der Waals surface area contributed by atoms with Crippen LogP contribution in [0.2, 0.25) is 0 Å². The van der Waals surface area contributed by atoms with Crippen LogP contribution in [0.5, 0.6) is 0 Å². The van der Waals surface area contributed by atoms with Gasteiger partial charge in [-0.25, -0.2) is 18.0 Å². The van der Waals surface area contributed by atoms with Gasteiger partial charge in [0.25, 0.3) is 6.43 Å². The van der Waals surface area contributed by atoms with E-state index in [1.54, 1.807) is 28.0 Å². The minimum Gasteiger partial charge on any atom is -0.465 e. The molecule has 1 aliphatic heterocycles. The Hall–Kier alpha value is -2.68. The molecule has 0 bridgehead atoms. The van der Waals surface area contributed by atoms with E-state index >= 15 is 0 Å². The molecule has 0 N–H and O–H groups in total. The largest absolute Gasteiger partial charge is 0.465 e. The molecule has 1 aromatic carbocycles. The van der Waals surface area contributed by atoms with Crippen LogP contribution in [0.15, 0.2) is 30.5 Å². The summed E-state index contributed by atoms with van der Waals surface area (Å²) in [5, 5.41) is 7.78. The Labute approximate surface area is 180 Å². The van der Waals surface area contributed by atoms with Gasteiger partial charge in [-0.05, 0) is 42.2 Å². The van der Waals surface area contributed by atoms with E-state index in [0.29, 0.717) is 36.5 Å². The van der Waals surface area contributed by atoms with E-state index in [1.165, 1.54) is 19.4 Å². The molecule has 9 heteroatoms. The first-order chi connectivity index (χ1) is 14.8. The second-order valence-corrected chi connectivity index (χ2v) is 8.09. The normalized spacial score (nSPS) is 17.4. The molecule has 1 aromatic heterocycles. The van der Waals surface area contributed by atoms with Crippen molar-refractivity contribution in [2.24, 2.45) is 5.92 Å². The number of nitrogens with zero attached hydrogens (tertiary/aromatic N) is 4. The maximum absolute atomic E-state index is 14.9. The van der Waals surface area contributed by atoms with Crippen LogP contribution >= 0.6 is 0 Å². The molecule has 31 heavy (non-hydrogen) atoms. The number of benzene rings is 1. The Morgan fingerprint density at radius 2 is 2.06 bits per heavy atom. The zero-order chi connectivity index (χ0) is 22.5. The summed E-state index contributed by atoms with van der Waals surface area (Å²) in [7, 11) is 1.17. The predicted molar refractivity (Wildman–Crippen MR) is 111 cm³/mol. The van der Waals surface area contributed by atoms with Crippen LogP contribution < -0.4 is 4.90 Å².